The molecule has 14 rings (SSSR count). The van der Waals surface area contributed by atoms with Gasteiger partial charge >= 0.3 is 0 Å². The van der Waals surface area contributed by atoms with E-state index >= 15 is 0 Å². The number of hydrogen-bond donors (Lipinski definition) is 0. The van der Waals surface area contributed by atoms with Crippen LogP contribution in [0.5, 0.6) is 0 Å². The minimum Gasteiger partial charge on any atom is -0.310 e. The highest BCUT2D eigenvalue weighted by molar-refractivity contribution is 6.26. The number of nitrogens with zero attached hydrogens (tertiary/aromatic N) is 3. The van der Waals surface area contributed by atoms with Gasteiger partial charge in [-0.1, -0.05) is 159 Å². The highest BCUT2D eigenvalue weighted by atomic mass is 15.1. The van der Waals surface area contributed by atoms with E-state index in [1.54, 1.807) is 0 Å². The van der Waals surface area contributed by atoms with E-state index in [1.165, 1.54) is 110 Å². The Morgan fingerprint density at radius 2 is 0.909 bits per heavy atom. The number of fused-ring (bicyclic) bond motifs is 12. The molecule has 3 heteroatoms. The van der Waals surface area contributed by atoms with Crippen LogP contribution in [-0.2, 0) is 5.41 Å². The van der Waals surface area contributed by atoms with Crippen molar-refractivity contribution in [1.29, 1.82) is 0 Å². The van der Waals surface area contributed by atoms with E-state index in [0.29, 0.717) is 0 Å². The second-order valence-corrected chi connectivity index (χ2v) is 18.5. The van der Waals surface area contributed by atoms with Crippen LogP contribution in [-0.4, -0.2) is 8.97 Å². The molecule has 0 aliphatic heterocycles. The zero-order chi connectivity index (χ0) is 43.7. The molecular formula is C63H43N3. The maximum Gasteiger partial charge on any atom is 0.0621 e. The van der Waals surface area contributed by atoms with Gasteiger partial charge in [-0.3, -0.25) is 0 Å². The summed E-state index contributed by atoms with van der Waals surface area (Å²) in [4.78, 5) is 2.46. The first kappa shape index (κ1) is 37.0. The summed E-state index contributed by atoms with van der Waals surface area (Å²) in [6.07, 6.45) is 0. The van der Waals surface area contributed by atoms with Crippen LogP contribution in [0, 0.1) is 0 Å². The second-order valence-electron chi connectivity index (χ2n) is 18.5. The fourth-order valence-electron chi connectivity index (χ4n) is 11.6. The van der Waals surface area contributed by atoms with Crippen molar-refractivity contribution in [1.82, 2.24) is 8.97 Å². The highest BCUT2D eigenvalue weighted by Gasteiger charge is 2.35. The molecule has 0 fully saturated rings. The summed E-state index contributed by atoms with van der Waals surface area (Å²) in [5.74, 6) is 0. The van der Waals surface area contributed by atoms with Crippen molar-refractivity contribution < 1.29 is 0 Å². The van der Waals surface area contributed by atoms with E-state index in [1.807, 2.05) is 0 Å². The minimum atomic E-state index is -0.0205. The van der Waals surface area contributed by atoms with Crippen molar-refractivity contribution in [2.45, 2.75) is 19.3 Å². The summed E-state index contributed by atoms with van der Waals surface area (Å²) in [5.41, 5.74) is 20.9. The molecule has 0 unspecified atom stereocenters. The Bertz CT molecular complexity index is 4060. The van der Waals surface area contributed by atoms with Gasteiger partial charge in [0, 0.05) is 54.8 Å². The van der Waals surface area contributed by atoms with E-state index in [0.717, 1.165) is 17.1 Å². The molecule has 3 heterocycles. The average molecular weight is 842 g/mol. The van der Waals surface area contributed by atoms with Crippen LogP contribution in [0.25, 0.3) is 99.0 Å². The highest BCUT2D eigenvalue weighted by Crippen LogP contribution is 2.50. The molecule has 0 N–H and O–H groups in total. The fourth-order valence-corrected chi connectivity index (χ4v) is 11.6. The monoisotopic (exact) mass is 841 g/mol. The molecule has 0 amide bonds. The van der Waals surface area contributed by atoms with E-state index < -0.39 is 0 Å². The maximum atomic E-state index is 2.47. The lowest BCUT2D eigenvalue weighted by Gasteiger charge is -2.27. The Kier molecular flexibility index (Phi) is 7.74. The minimum absolute atomic E-state index is 0.0205. The number of benzene rings is 10. The van der Waals surface area contributed by atoms with Gasteiger partial charge in [-0.25, -0.2) is 0 Å². The largest absolute Gasteiger partial charge is 0.310 e. The van der Waals surface area contributed by atoms with Crippen LogP contribution < -0.4 is 4.90 Å². The van der Waals surface area contributed by atoms with Gasteiger partial charge in [0.1, 0.15) is 0 Å². The summed E-state index contributed by atoms with van der Waals surface area (Å²) in [6.45, 7) is 4.69. The first-order chi connectivity index (χ1) is 32.5. The van der Waals surface area contributed by atoms with E-state index in [2.05, 4.69) is 252 Å². The van der Waals surface area contributed by atoms with Crippen molar-refractivity contribution in [2.75, 3.05) is 4.90 Å². The third-order valence-electron chi connectivity index (χ3n) is 14.7. The zero-order valence-electron chi connectivity index (χ0n) is 36.7. The van der Waals surface area contributed by atoms with Crippen LogP contribution in [0.15, 0.2) is 224 Å². The standard InChI is InChI=1S/C63H43N3/c1-63(2)54-21-9-6-16-47(54)52-38-42(30-36-55(52)63)40-26-32-45(33-27-40)64(59-24-13-25-60-61(59)51-20-12-19-50-48-17-7-11-23-57(48)66(60)62(50)51)46-34-28-41(29-35-46)43-31-37-58-53(39-43)49-18-8-10-22-56(49)65(58)44-14-4-3-5-15-44/h3-39H,1-2H3. The molecule has 3 nitrogen and oxygen atoms in total. The van der Waals surface area contributed by atoms with Crippen molar-refractivity contribution in [3.8, 4) is 39.1 Å². The maximum absolute atomic E-state index is 2.47. The van der Waals surface area contributed by atoms with E-state index in [-0.39, 0.29) is 5.41 Å². The molecular weight excluding hydrogens is 799 g/mol. The summed E-state index contributed by atoms with van der Waals surface area (Å²) >= 11 is 0. The van der Waals surface area contributed by atoms with Gasteiger partial charge in [-0.05, 0) is 123 Å². The normalized spacial score (nSPS) is 13.1. The lowest BCUT2D eigenvalue weighted by atomic mass is 9.82. The molecule has 66 heavy (non-hydrogen) atoms. The first-order valence-corrected chi connectivity index (χ1v) is 23.0. The van der Waals surface area contributed by atoms with E-state index in [9.17, 15) is 0 Å². The molecule has 10 aromatic carbocycles. The molecule has 1 aliphatic rings. The molecule has 3 aromatic heterocycles. The lowest BCUT2D eigenvalue weighted by molar-refractivity contribution is 0.660. The molecule has 310 valence electrons. The topological polar surface area (TPSA) is 12.6 Å². The molecule has 0 saturated carbocycles. The summed E-state index contributed by atoms with van der Waals surface area (Å²) in [6, 6.07) is 83.1. The average Bonchev–Trinajstić information content (AvgIpc) is 4.08. The van der Waals surface area contributed by atoms with Gasteiger partial charge in [0.2, 0.25) is 0 Å². The summed E-state index contributed by atoms with van der Waals surface area (Å²) in [7, 11) is 0. The van der Waals surface area contributed by atoms with Crippen molar-refractivity contribution in [3.05, 3.63) is 236 Å². The van der Waals surface area contributed by atoms with Crippen molar-refractivity contribution in [2.24, 2.45) is 0 Å². The Balaban J connectivity index is 0.918. The molecule has 0 bridgehead atoms. The van der Waals surface area contributed by atoms with Crippen LogP contribution >= 0.6 is 0 Å². The van der Waals surface area contributed by atoms with Crippen molar-refractivity contribution in [3.63, 3.8) is 0 Å². The number of para-hydroxylation sites is 4. The SMILES string of the molecule is CC1(C)c2ccccc2-c2cc(-c3ccc(N(c4ccc(-c5ccc6c(c5)c5ccccc5n6-c5ccccc5)cc4)c4cccc5c4c4cccc6c7ccccc7n5c64)cc3)ccc21. The molecule has 1 aliphatic carbocycles. The Morgan fingerprint density at radius 1 is 0.364 bits per heavy atom. The molecule has 0 saturated heterocycles. The van der Waals surface area contributed by atoms with Gasteiger partial charge < -0.3 is 13.9 Å². The molecule has 13 aromatic rings. The zero-order valence-corrected chi connectivity index (χ0v) is 36.7. The van der Waals surface area contributed by atoms with Crippen LogP contribution in [0.4, 0.5) is 17.1 Å². The van der Waals surface area contributed by atoms with Gasteiger partial charge in [0.05, 0.1) is 33.3 Å². The smallest absolute Gasteiger partial charge is 0.0621 e. The fraction of sp³-hybridized carbons (Fsp3) is 0.0476. The van der Waals surface area contributed by atoms with Gasteiger partial charge in [-0.2, -0.15) is 0 Å². The van der Waals surface area contributed by atoms with Gasteiger partial charge in [0.15, 0.2) is 0 Å². The van der Waals surface area contributed by atoms with Crippen LogP contribution in [0.1, 0.15) is 25.0 Å². The molecule has 0 spiro atoms. The summed E-state index contributed by atoms with van der Waals surface area (Å²) < 4.78 is 4.85. The van der Waals surface area contributed by atoms with E-state index in [4.69, 9.17) is 0 Å². The van der Waals surface area contributed by atoms with Crippen LogP contribution in [0.2, 0.25) is 0 Å². The quantitative estimate of drug-likeness (QED) is 0.162. The summed E-state index contributed by atoms with van der Waals surface area (Å²) in [5, 5.41) is 7.59. The number of aromatic nitrogens is 2. The third kappa shape index (κ3) is 5.20. The van der Waals surface area contributed by atoms with Gasteiger partial charge in [0.25, 0.3) is 0 Å². The first-order valence-electron chi connectivity index (χ1n) is 23.0. The molecule has 0 radical (unpaired) electrons. The number of rotatable bonds is 6. The lowest BCUT2D eigenvalue weighted by Crippen LogP contribution is -2.14. The Hall–Kier alpha value is -8.40. The predicted molar refractivity (Wildman–Crippen MR) is 279 cm³/mol. The number of hydrogen-bond acceptors (Lipinski definition) is 1. The predicted octanol–water partition coefficient (Wildman–Crippen LogP) is 17.0. The molecule has 0 atom stereocenters. The second kappa shape index (κ2) is 13.8. The third-order valence-corrected chi connectivity index (χ3v) is 14.7. The van der Waals surface area contributed by atoms with Crippen LogP contribution in [0.3, 0.4) is 0 Å². The Morgan fingerprint density at radius 3 is 1.68 bits per heavy atom. The van der Waals surface area contributed by atoms with Gasteiger partial charge in [-0.15, -0.1) is 0 Å². The Labute approximate surface area is 383 Å². The van der Waals surface area contributed by atoms with Crippen molar-refractivity contribution >= 4 is 77.0 Å². The number of anilines is 3.